The number of nitrogens with zero attached hydrogens (tertiary/aromatic N) is 5. The molecule has 0 spiro atoms. The molecule has 0 bridgehead atoms. The summed E-state index contributed by atoms with van der Waals surface area (Å²) in [6, 6.07) is 16.3. The number of ether oxygens (including phenoxy) is 1. The lowest BCUT2D eigenvalue weighted by molar-refractivity contribution is -0.159. The summed E-state index contributed by atoms with van der Waals surface area (Å²) >= 11 is 0. The van der Waals surface area contributed by atoms with E-state index in [9.17, 15) is 4.79 Å². The van der Waals surface area contributed by atoms with Crippen LogP contribution in [0.2, 0.25) is 0 Å². The molecule has 3 heterocycles. The van der Waals surface area contributed by atoms with Crippen molar-refractivity contribution in [2.24, 2.45) is 0 Å². The standard InChI is InChI=1S/C26H29N7O2.C2H2O4/c1-4-8-22-28-21-15-16-27-26(3,25(34)35-5-2)23(21)33(22)18-13-11-17(12-14-18)19-9-6-7-10-20(19)24-29-31-32-30-24;3-1(4)2(5)6/h6-7,9-14,27H,4-5,8,15-16H2,1-3H3,(H,29,30,31,32);(H,3,4)(H,5,6). The van der Waals surface area contributed by atoms with Crippen molar-refractivity contribution in [3.8, 4) is 28.2 Å². The number of nitrogens with one attached hydrogen (secondary N) is 2. The van der Waals surface area contributed by atoms with Crippen LogP contribution in [-0.4, -0.2) is 71.4 Å². The van der Waals surface area contributed by atoms with Crippen molar-refractivity contribution >= 4 is 17.9 Å². The lowest BCUT2D eigenvalue weighted by Crippen LogP contribution is -2.52. The van der Waals surface area contributed by atoms with E-state index in [4.69, 9.17) is 29.5 Å². The van der Waals surface area contributed by atoms with Crippen molar-refractivity contribution in [2.45, 2.75) is 45.6 Å². The fourth-order valence-electron chi connectivity index (χ4n) is 4.84. The summed E-state index contributed by atoms with van der Waals surface area (Å²) in [5.41, 5.74) is 4.81. The fraction of sp³-hybridized carbons (Fsp3) is 0.321. The van der Waals surface area contributed by atoms with Gasteiger partial charge >= 0.3 is 17.9 Å². The molecule has 0 saturated carbocycles. The summed E-state index contributed by atoms with van der Waals surface area (Å²) in [7, 11) is 0. The summed E-state index contributed by atoms with van der Waals surface area (Å²) in [5.74, 6) is -2.35. The predicted octanol–water partition coefficient (Wildman–Crippen LogP) is 2.75. The van der Waals surface area contributed by atoms with E-state index in [0.717, 1.165) is 58.9 Å². The van der Waals surface area contributed by atoms with Crippen LogP contribution < -0.4 is 5.32 Å². The van der Waals surface area contributed by atoms with Crippen LogP contribution in [0, 0.1) is 0 Å². The number of aromatic amines is 1. The molecule has 13 heteroatoms. The number of carboxylic acids is 2. The van der Waals surface area contributed by atoms with Crippen LogP contribution in [0.3, 0.4) is 0 Å². The van der Waals surface area contributed by atoms with Gasteiger partial charge in [0, 0.05) is 30.6 Å². The number of benzene rings is 2. The average Bonchev–Trinajstić information content (AvgIpc) is 3.63. The van der Waals surface area contributed by atoms with Gasteiger partial charge in [-0.2, -0.15) is 0 Å². The molecule has 1 aliphatic heterocycles. The number of carbonyl (C=O) groups excluding carboxylic acids is 1. The number of fused-ring (bicyclic) bond motifs is 1. The van der Waals surface area contributed by atoms with Crippen molar-refractivity contribution in [1.82, 2.24) is 35.5 Å². The smallest absolute Gasteiger partial charge is 0.414 e. The number of aliphatic carboxylic acids is 2. The maximum atomic E-state index is 13.1. The minimum atomic E-state index is -1.82. The molecule has 1 unspecified atom stereocenters. The van der Waals surface area contributed by atoms with Gasteiger partial charge in [0.2, 0.25) is 0 Å². The second-order valence-corrected chi connectivity index (χ2v) is 9.38. The highest BCUT2D eigenvalue weighted by Crippen LogP contribution is 2.35. The van der Waals surface area contributed by atoms with Gasteiger partial charge in [-0.1, -0.05) is 43.3 Å². The first-order chi connectivity index (χ1) is 19.7. The Balaban J connectivity index is 0.000000585. The minimum absolute atomic E-state index is 0.281. The second-order valence-electron chi connectivity index (χ2n) is 9.38. The molecule has 2 aromatic carbocycles. The molecule has 0 saturated heterocycles. The number of imidazole rings is 1. The number of hydrogen-bond donors (Lipinski definition) is 4. The third-order valence-electron chi connectivity index (χ3n) is 6.64. The SMILES string of the molecule is CCCc1nc2c(n1-c1ccc(-c3ccccc3-c3nnn[nH]3)cc1)C(C)(C(=O)OCC)NCC2.O=C(O)C(=O)O. The number of carboxylic acid groups (broad SMARTS) is 2. The Labute approximate surface area is 235 Å². The zero-order valence-corrected chi connectivity index (χ0v) is 22.9. The van der Waals surface area contributed by atoms with Crippen LogP contribution >= 0.6 is 0 Å². The number of rotatable bonds is 7. The van der Waals surface area contributed by atoms with E-state index in [1.807, 2.05) is 32.0 Å². The van der Waals surface area contributed by atoms with Gasteiger partial charge < -0.3 is 14.9 Å². The molecule has 214 valence electrons. The molecule has 2 aromatic heterocycles. The summed E-state index contributed by atoms with van der Waals surface area (Å²) in [4.78, 5) is 36.2. The molecule has 4 N–H and O–H groups in total. The van der Waals surface area contributed by atoms with E-state index in [1.54, 1.807) is 0 Å². The quantitative estimate of drug-likeness (QED) is 0.192. The number of carbonyl (C=O) groups is 3. The van der Waals surface area contributed by atoms with Gasteiger partial charge in [0.15, 0.2) is 11.4 Å². The lowest BCUT2D eigenvalue weighted by atomic mass is 9.90. The van der Waals surface area contributed by atoms with Gasteiger partial charge in [-0.3, -0.25) is 9.88 Å². The summed E-state index contributed by atoms with van der Waals surface area (Å²) in [6.45, 7) is 6.87. The van der Waals surface area contributed by atoms with E-state index >= 15 is 0 Å². The Morgan fingerprint density at radius 3 is 2.29 bits per heavy atom. The predicted molar refractivity (Wildman–Crippen MR) is 147 cm³/mol. The lowest BCUT2D eigenvalue weighted by Gasteiger charge is -2.34. The first-order valence-corrected chi connectivity index (χ1v) is 13.1. The molecule has 41 heavy (non-hydrogen) atoms. The van der Waals surface area contributed by atoms with Crippen LogP contribution in [-0.2, 0) is 37.5 Å². The van der Waals surface area contributed by atoms with Gasteiger partial charge in [-0.05, 0) is 54.0 Å². The Kier molecular flexibility index (Phi) is 8.87. The van der Waals surface area contributed by atoms with Gasteiger partial charge in [0.25, 0.3) is 0 Å². The van der Waals surface area contributed by atoms with Crippen LogP contribution in [0.5, 0.6) is 0 Å². The van der Waals surface area contributed by atoms with Crippen molar-refractivity contribution in [1.29, 1.82) is 0 Å². The Morgan fingerprint density at radius 1 is 1.02 bits per heavy atom. The van der Waals surface area contributed by atoms with Crippen LogP contribution in [0.25, 0.3) is 28.2 Å². The zero-order chi connectivity index (χ0) is 29.6. The number of H-pyrrole nitrogens is 1. The molecule has 1 atom stereocenters. The molecular weight excluding hydrogens is 530 g/mol. The zero-order valence-electron chi connectivity index (χ0n) is 22.9. The molecule has 1 aliphatic rings. The maximum absolute atomic E-state index is 13.1. The largest absolute Gasteiger partial charge is 0.473 e. The summed E-state index contributed by atoms with van der Waals surface area (Å²) in [6.07, 6.45) is 2.54. The van der Waals surface area contributed by atoms with E-state index < -0.39 is 17.5 Å². The molecule has 0 aliphatic carbocycles. The molecule has 13 nitrogen and oxygen atoms in total. The number of aryl methyl sites for hydroxylation is 1. The van der Waals surface area contributed by atoms with Crippen LogP contribution in [0.4, 0.5) is 0 Å². The monoisotopic (exact) mass is 561 g/mol. The van der Waals surface area contributed by atoms with Crippen molar-refractivity contribution in [2.75, 3.05) is 13.2 Å². The Morgan fingerprint density at radius 2 is 1.71 bits per heavy atom. The van der Waals surface area contributed by atoms with Crippen LogP contribution in [0.15, 0.2) is 48.5 Å². The number of hydrogen-bond acceptors (Lipinski definition) is 9. The highest BCUT2D eigenvalue weighted by atomic mass is 16.5. The second kappa shape index (κ2) is 12.5. The highest BCUT2D eigenvalue weighted by molar-refractivity contribution is 6.27. The molecular formula is C28H31N7O6. The molecule has 4 aromatic rings. The first kappa shape index (κ1) is 29.1. The third kappa shape index (κ3) is 5.99. The van der Waals surface area contributed by atoms with Gasteiger partial charge in [0.1, 0.15) is 5.82 Å². The molecule has 0 radical (unpaired) electrons. The van der Waals surface area contributed by atoms with Crippen molar-refractivity contribution in [3.05, 3.63) is 65.7 Å². The van der Waals surface area contributed by atoms with Gasteiger partial charge in [-0.25, -0.2) is 24.5 Å². The van der Waals surface area contributed by atoms with E-state index in [2.05, 4.69) is 67.8 Å². The highest BCUT2D eigenvalue weighted by Gasteiger charge is 2.44. The molecule has 0 fully saturated rings. The Hall–Kier alpha value is -4.91. The van der Waals surface area contributed by atoms with Gasteiger partial charge in [-0.15, -0.1) is 5.10 Å². The molecule has 5 rings (SSSR count). The average molecular weight is 562 g/mol. The molecule has 0 amide bonds. The van der Waals surface area contributed by atoms with Crippen LogP contribution in [0.1, 0.15) is 44.4 Å². The maximum Gasteiger partial charge on any atom is 0.414 e. The number of tetrazole rings is 1. The van der Waals surface area contributed by atoms with E-state index in [-0.39, 0.29) is 5.97 Å². The summed E-state index contributed by atoms with van der Waals surface area (Å²) in [5, 5.41) is 32.5. The van der Waals surface area contributed by atoms with Crippen molar-refractivity contribution < 1.29 is 29.3 Å². The normalized spacial score (nSPS) is 15.8. The Bertz CT molecular complexity index is 1520. The van der Waals surface area contributed by atoms with Crippen molar-refractivity contribution in [3.63, 3.8) is 0 Å². The van der Waals surface area contributed by atoms with Gasteiger partial charge in [0.05, 0.1) is 18.0 Å². The van der Waals surface area contributed by atoms with E-state index in [1.165, 1.54) is 0 Å². The minimum Gasteiger partial charge on any atom is -0.473 e. The summed E-state index contributed by atoms with van der Waals surface area (Å²) < 4.78 is 7.60. The van der Waals surface area contributed by atoms with E-state index in [0.29, 0.717) is 19.0 Å². The topological polar surface area (TPSA) is 185 Å². The first-order valence-electron chi connectivity index (χ1n) is 13.1. The number of esters is 1. The fourth-order valence-corrected chi connectivity index (χ4v) is 4.84. The number of aromatic nitrogens is 6. The third-order valence-corrected chi connectivity index (χ3v) is 6.64.